The Hall–Kier alpha value is -3.41. The summed E-state index contributed by atoms with van der Waals surface area (Å²) in [4.78, 5) is 47.2. The van der Waals surface area contributed by atoms with Gasteiger partial charge in [0.1, 0.15) is 24.6 Å². The molecule has 2 aromatic heterocycles. The molecule has 1 aliphatic carbocycles. The van der Waals surface area contributed by atoms with E-state index in [9.17, 15) is 19.5 Å². The smallest absolute Gasteiger partial charge is 0.408 e. The quantitative estimate of drug-likeness (QED) is 0.438. The highest BCUT2D eigenvalue weighted by Crippen LogP contribution is 2.52. The second-order valence-electron chi connectivity index (χ2n) is 9.52. The highest BCUT2D eigenvalue weighted by Gasteiger charge is 2.50. The summed E-state index contributed by atoms with van der Waals surface area (Å²) in [6.07, 6.45) is 2.87. The van der Waals surface area contributed by atoms with Crippen molar-refractivity contribution in [1.82, 2.24) is 24.8 Å². The van der Waals surface area contributed by atoms with E-state index in [0.29, 0.717) is 6.42 Å². The molecule has 1 fully saturated rings. The Bertz CT molecular complexity index is 1140. The Morgan fingerprint density at radius 3 is 2.73 bits per heavy atom. The molecular weight excluding hydrogens is 432 g/mol. The number of imidazole rings is 1. The number of rotatable bonds is 7. The first-order valence-corrected chi connectivity index (χ1v) is 10.6. The van der Waals surface area contributed by atoms with Gasteiger partial charge in [-0.05, 0) is 38.7 Å². The molecule has 1 unspecified atom stereocenters. The number of aliphatic hydroxyl groups is 1. The van der Waals surface area contributed by atoms with Crippen molar-refractivity contribution in [3.63, 3.8) is 0 Å². The van der Waals surface area contributed by atoms with Crippen LogP contribution in [0.2, 0.25) is 0 Å². The molecule has 3 rings (SSSR count). The van der Waals surface area contributed by atoms with Gasteiger partial charge in [0, 0.05) is 6.20 Å². The highest BCUT2D eigenvalue weighted by atomic mass is 16.6. The van der Waals surface area contributed by atoms with E-state index >= 15 is 0 Å². The molecule has 2 heterocycles. The molecule has 0 aliphatic heterocycles. The highest BCUT2D eigenvalue weighted by molar-refractivity contribution is 5.82. The largest absolute Gasteiger partial charge is 0.463 e. The molecular formula is C21H30N6O6. The van der Waals surface area contributed by atoms with E-state index in [1.54, 1.807) is 40.8 Å². The number of nitrogen functional groups attached to an aromatic ring is 1. The number of nitrogens with zero attached hydrogens (tertiary/aromatic N) is 3. The number of aromatic nitrogens is 4. The number of fused-ring (bicyclic) bond motifs is 1. The summed E-state index contributed by atoms with van der Waals surface area (Å²) in [6.45, 7) is 8.41. The zero-order valence-electron chi connectivity index (χ0n) is 19.3. The van der Waals surface area contributed by atoms with Crippen LogP contribution >= 0.6 is 0 Å². The first-order chi connectivity index (χ1) is 15.3. The summed E-state index contributed by atoms with van der Waals surface area (Å²) in [5.41, 5.74) is 4.91. The lowest BCUT2D eigenvalue weighted by Gasteiger charge is -2.25. The second-order valence-corrected chi connectivity index (χ2v) is 9.52. The molecule has 1 amide bonds. The molecule has 1 aliphatic rings. The lowest BCUT2D eigenvalue weighted by molar-refractivity contribution is -0.149. The Kier molecular flexibility index (Phi) is 6.50. The zero-order valence-corrected chi connectivity index (χ0v) is 19.3. The van der Waals surface area contributed by atoms with E-state index in [1.807, 2.05) is 0 Å². The normalized spacial score (nSPS) is 20.2. The summed E-state index contributed by atoms with van der Waals surface area (Å²) in [6, 6.07) is -0.904. The van der Waals surface area contributed by atoms with E-state index < -0.39 is 34.7 Å². The monoisotopic (exact) mass is 462 g/mol. The van der Waals surface area contributed by atoms with Crippen molar-refractivity contribution in [3.8, 4) is 0 Å². The van der Waals surface area contributed by atoms with Crippen LogP contribution in [0.4, 0.5) is 10.7 Å². The number of carbonyl (C=O) groups excluding carboxylic acids is 2. The third-order valence-corrected chi connectivity index (χ3v) is 5.22. The van der Waals surface area contributed by atoms with Crippen molar-refractivity contribution in [3.05, 3.63) is 22.3 Å². The minimum absolute atomic E-state index is 0.0389. The minimum atomic E-state index is -0.904. The van der Waals surface area contributed by atoms with Crippen molar-refractivity contribution < 1.29 is 24.2 Å². The van der Waals surface area contributed by atoms with Crippen molar-refractivity contribution in [1.29, 1.82) is 0 Å². The van der Waals surface area contributed by atoms with Gasteiger partial charge in [0.15, 0.2) is 11.2 Å². The summed E-state index contributed by atoms with van der Waals surface area (Å²) in [5, 5.41) is 12.5. The summed E-state index contributed by atoms with van der Waals surface area (Å²) in [7, 11) is 0. The van der Waals surface area contributed by atoms with E-state index in [2.05, 4.69) is 20.3 Å². The number of nitrogens with two attached hydrogens (primary N) is 1. The van der Waals surface area contributed by atoms with Crippen LogP contribution < -0.4 is 16.6 Å². The van der Waals surface area contributed by atoms with Gasteiger partial charge in [-0.25, -0.2) is 14.6 Å². The van der Waals surface area contributed by atoms with Gasteiger partial charge < -0.3 is 25.6 Å². The van der Waals surface area contributed by atoms with Gasteiger partial charge >= 0.3 is 12.1 Å². The number of alkyl carbamates (subject to hydrolysis) is 1. The molecule has 1 saturated carbocycles. The Balaban J connectivity index is 1.69. The maximum Gasteiger partial charge on any atom is 0.408 e. The van der Waals surface area contributed by atoms with Crippen molar-refractivity contribution in [2.75, 3.05) is 18.9 Å². The zero-order chi connectivity index (χ0) is 24.6. The van der Waals surface area contributed by atoms with Gasteiger partial charge in [-0.1, -0.05) is 13.8 Å². The SMILES string of the molecule is CC(C)C(NC(=O)OC(C)(C)C)C(=O)OC[C@]1(CO)C/C1=C/n1cnc2c(=O)[nH]c(N)nc21. The Morgan fingerprint density at radius 1 is 1.42 bits per heavy atom. The maximum absolute atomic E-state index is 12.7. The number of carbonyl (C=O) groups is 2. The van der Waals surface area contributed by atoms with Gasteiger partial charge in [0.2, 0.25) is 5.95 Å². The van der Waals surface area contributed by atoms with E-state index in [0.717, 1.165) is 5.57 Å². The van der Waals surface area contributed by atoms with Crippen molar-refractivity contribution >= 4 is 35.4 Å². The van der Waals surface area contributed by atoms with Crippen LogP contribution in [-0.4, -0.2) is 61.5 Å². The lowest BCUT2D eigenvalue weighted by Crippen LogP contribution is -2.47. The first-order valence-electron chi connectivity index (χ1n) is 10.6. The van der Waals surface area contributed by atoms with Crippen molar-refractivity contribution in [2.24, 2.45) is 11.3 Å². The summed E-state index contributed by atoms with van der Waals surface area (Å²) in [5.74, 6) is -0.900. The third-order valence-electron chi connectivity index (χ3n) is 5.22. The number of hydrogen-bond acceptors (Lipinski definition) is 9. The predicted octanol–water partition coefficient (Wildman–Crippen LogP) is 1.02. The molecule has 2 aromatic rings. The fraction of sp³-hybridized carbons (Fsp3) is 0.571. The molecule has 12 nitrogen and oxygen atoms in total. The van der Waals surface area contributed by atoms with Gasteiger partial charge in [0.25, 0.3) is 5.56 Å². The second kappa shape index (κ2) is 8.85. The average Bonchev–Trinajstić information content (AvgIpc) is 3.24. The number of hydrogen-bond donors (Lipinski definition) is 4. The van der Waals surface area contributed by atoms with E-state index in [-0.39, 0.29) is 36.2 Å². The Labute approximate surface area is 190 Å². The molecule has 5 N–H and O–H groups in total. The average molecular weight is 463 g/mol. The lowest BCUT2D eigenvalue weighted by atomic mass is 10.0. The number of nitrogens with one attached hydrogen (secondary N) is 2. The van der Waals surface area contributed by atoms with Crippen LogP contribution in [0.15, 0.2) is 16.7 Å². The molecule has 180 valence electrons. The third kappa shape index (κ3) is 5.51. The van der Waals surface area contributed by atoms with Gasteiger partial charge in [-0.3, -0.25) is 14.3 Å². The number of esters is 1. The van der Waals surface area contributed by atoms with Crippen LogP contribution in [0.5, 0.6) is 0 Å². The number of H-pyrrole nitrogens is 1. The van der Waals surface area contributed by atoms with E-state index in [4.69, 9.17) is 15.2 Å². The Morgan fingerprint density at radius 2 is 2.12 bits per heavy atom. The van der Waals surface area contributed by atoms with Crippen molar-refractivity contribution in [2.45, 2.75) is 52.7 Å². The number of aliphatic hydroxyl groups excluding tert-OH is 1. The van der Waals surface area contributed by atoms with Crippen LogP contribution in [0.1, 0.15) is 41.0 Å². The molecule has 2 atom stereocenters. The van der Waals surface area contributed by atoms with Crippen LogP contribution in [0.3, 0.4) is 0 Å². The minimum Gasteiger partial charge on any atom is -0.463 e. The number of aromatic amines is 1. The van der Waals surface area contributed by atoms with Gasteiger partial charge in [-0.2, -0.15) is 4.98 Å². The van der Waals surface area contributed by atoms with Gasteiger partial charge in [-0.15, -0.1) is 0 Å². The van der Waals surface area contributed by atoms with E-state index in [1.165, 1.54) is 10.9 Å². The topological polar surface area (TPSA) is 174 Å². The summed E-state index contributed by atoms with van der Waals surface area (Å²) >= 11 is 0. The fourth-order valence-corrected chi connectivity index (χ4v) is 3.29. The fourth-order valence-electron chi connectivity index (χ4n) is 3.29. The molecule has 0 aromatic carbocycles. The molecule has 0 spiro atoms. The standard InChI is InChI=1S/C21H30N6O6/c1-11(2)13(24-19(31)33-20(3,4)5)17(30)32-9-21(8-28)6-12(21)7-27-10-23-14-15(27)25-18(22)26-16(14)29/h7,10-11,13,28H,6,8-9H2,1-5H3,(H,24,31)(H3,22,25,26,29)/b12-7-/t13?,21-/m1/s1. The van der Waals surface area contributed by atoms with Crippen LogP contribution in [0.25, 0.3) is 17.4 Å². The molecule has 12 heteroatoms. The maximum atomic E-state index is 12.7. The first kappa shape index (κ1) is 24.2. The summed E-state index contributed by atoms with van der Waals surface area (Å²) < 4.78 is 12.2. The van der Waals surface area contributed by atoms with Gasteiger partial charge in [0.05, 0.1) is 12.0 Å². The number of ether oxygens (including phenoxy) is 2. The predicted molar refractivity (Wildman–Crippen MR) is 120 cm³/mol. The van der Waals surface area contributed by atoms with Crippen LogP contribution in [-0.2, 0) is 14.3 Å². The molecule has 0 saturated heterocycles. The molecule has 0 bridgehead atoms. The number of amides is 1. The number of anilines is 1. The molecule has 0 radical (unpaired) electrons. The van der Waals surface area contributed by atoms with Crippen LogP contribution in [0, 0.1) is 11.3 Å². The molecule has 33 heavy (non-hydrogen) atoms.